The number of nitrogens with zero attached hydrogens (tertiary/aromatic N) is 2. The number of rotatable bonds is 16. The quantitative estimate of drug-likeness (QED) is 0.0430. The second-order valence-corrected chi connectivity index (χ2v) is 11.6. The highest BCUT2D eigenvalue weighted by Crippen LogP contribution is 2.45. The summed E-state index contributed by atoms with van der Waals surface area (Å²) in [5.41, 5.74) is 1.01. The minimum atomic E-state index is -1.09. The summed E-state index contributed by atoms with van der Waals surface area (Å²) in [7, 11) is 1.50. The molecule has 0 bridgehead atoms. The van der Waals surface area contributed by atoms with Crippen molar-refractivity contribution in [2.75, 3.05) is 31.8 Å². The van der Waals surface area contributed by atoms with E-state index < -0.39 is 23.7 Å². The minimum absolute atomic E-state index is 0.00507. The van der Waals surface area contributed by atoms with Crippen molar-refractivity contribution in [2.24, 2.45) is 0 Å². The van der Waals surface area contributed by atoms with Gasteiger partial charge in [0.15, 0.2) is 16.6 Å². The first-order valence-electron chi connectivity index (χ1n) is 15.4. The van der Waals surface area contributed by atoms with Gasteiger partial charge in [0, 0.05) is 5.56 Å². The molecule has 244 valence electrons. The summed E-state index contributed by atoms with van der Waals surface area (Å²) in [5, 5.41) is 11.7. The van der Waals surface area contributed by atoms with E-state index in [0.717, 1.165) is 43.4 Å². The van der Waals surface area contributed by atoms with Gasteiger partial charge in [0.05, 0.1) is 37.6 Å². The number of ether oxygens (including phenoxy) is 4. The molecule has 1 aliphatic heterocycles. The molecule has 2 aromatic carbocycles. The van der Waals surface area contributed by atoms with Crippen LogP contribution < -0.4 is 19.1 Å². The van der Waals surface area contributed by atoms with Gasteiger partial charge in [-0.3, -0.25) is 14.5 Å². The largest absolute Gasteiger partial charge is 0.507 e. The number of carbonyl (C=O) groups excluding carboxylic acids is 3. The third kappa shape index (κ3) is 7.59. The van der Waals surface area contributed by atoms with E-state index in [9.17, 15) is 19.5 Å². The number of hydrogen-bond acceptors (Lipinski definition) is 10. The van der Waals surface area contributed by atoms with Gasteiger partial charge in [0.25, 0.3) is 5.78 Å². The number of thiazole rings is 1. The minimum Gasteiger partial charge on any atom is -0.507 e. The molecule has 0 saturated carbocycles. The number of anilines is 1. The second kappa shape index (κ2) is 16.1. The van der Waals surface area contributed by atoms with Crippen LogP contribution in [0.4, 0.5) is 5.13 Å². The number of aromatic nitrogens is 1. The van der Waals surface area contributed by atoms with Gasteiger partial charge in [0.1, 0.15) is 23.0 Å². The van der Waals surface area contributed by atoms with Crippen LogP contribution in [0.2, 0.25) is 0 Å². The molecule has 1 atom stereocenters. The maximum Gasteiger partial charge on any atom is 0.350 e. The van der Waals surface area contributed by atoms with E-state index in [1.54, 1.807) is 49.4 Å². The lowest BCUT2D eigenvalue weighted by Crippen LogP contribution is -2.29. The molecule has 3 aromatic rings. The number of carbonyl (C=O) groups is 3. The van der Waals surface area contributed by atoms with E-state index in [-0.39, 0.29) is 27.9 Å². The van der Waals surface area contributed by atoms with Crippen LogP contribution in [0.5, 0.6) is 17.2 Å². The lowest BCUT2D eigenvalue weighted by Gasteiger charge is -2.24. The molecule has 1 aromatic heterocycles. The van der Waals surface area contributed by atoms with E-state index in [1.165, 1.54) is 18.1 Å². The molecule has 46 heavy (non-hydrogen) atoms. The smallest absolute Gasteiger partial charge is 0.350 e. The molecule has 0 radical (unpaired) electrons. The van der Waals surface area contributed by atoms with Gasteiger partial charge in [-0.1, -0.05) is 63.2 Å². The van der Waals surface area contributed by atoms with Crippen LogP contribution >= 0.6 is 11.3 Å². The zero-order chi connectivity index (χ0) is 33.2. The number of unbranched alkanes of at least 4 members (excludes halogenated alkanes) is 3. The Hall–Kier alpha value is -4.64. The molecule has 1 unspecified atom stereocenters. The van der Waals surface area contributed by atoms with Gasteiger partial charge < -0.3 is 24.1 Å². The average molecular weight is 649 g/mol. The number of aliphatic hydroxyl groups excluding tert-OH is 1. The van der Waals surface area contributed by atoms with Crippen LogP contribution in [0.25, 0.3) is 5.76 Å². The molecule has 4 rings (SSSR count). The van der Waals surface area contributed by atoms with E-state index in [1.807, 2.05) is 0 Å². The molecule has 11 heteroatoms. The third-order valence-corrected chi connectivity index (χ3v) is 8.49. The van der Waals surface area contributed by atoms with Gasteiger partial charge in [-0.25, -0.2) is 9.78 Å². The summed E-state index contributed by atoms with van der Waals surface area (Å²) in [5.74, 6) is -1.24. The Morgan fingerprint density at radius 2 is 1.74 bits per heavy atom. The van der Waals surface area contributed by atoms with Crippen molar-refractivity contribution in [3.63, 3.8) is 0 Å². The van der Waals surface area contributed by atoms with E-state index in [4.69, 9.17) is 18.9 Å². The Labute approximate surface area is 273 Å². The predicted molar refractivity (Wildman–Crippen MR) is 177 cm³/mol. The van der Waals surface area contributed by atoms with Crippen molar-refractivity contribution < 1.29 is 38.4 Å². The number of aliphatic hydroxyl groups is 1. The Balaban J connectivity index is 1.81. The van der Waals surface area contributed by atoms with Crippen molar-refractivity contribution in [2.45, 2.75) is 58.9 Å². The zero-order valence-electron chi connectivity index (χ0n) is 26.7. The number of methoxy groups -OCH3 is 1. The summed E-state index contributed by atoms with van der Waals surface area (Å²) in [6, 6.07) is 10.7. The highest BCUT2D eigenvalue weighted by Gasteiger charge is 2.48. The number of Topliss-reactive ketones (excluding diaryl/α,β-unsaturated/α-hetero) is 1. The van der Waals surface area contributed by atoms with Crippen LogP contribution in [-0.4, -0.2) is 54.7 Å². The summed E-state index contributed by atoms with van der Waals surface area (Å²) >= 11 is 0.925. The van der Waals surface area contributed by atoms with Crippen LogP contribution in [0.1, 0.15) is 78.5 Å². The fourth-order valence-corrected chi connectivity index (χ4v) is 5.91. The van der Waals surface area contributed by atoms with Crippen molar-refractivity contribution in [3.8, 4) is 17.2 Å². The number of ketones is 1. The molecule has 1 amide bonds. The van der Waals surface area contributed by atoms with Gasteiger partial charge in [0.2, 0.25) is 0 Å². The standard InChI is InChI=1S/C35H40N2O8S/c1-6-9-11-20-44-26-17-14-24(21-27(26)42-5)29-28(30(38)23-12-15-25(16-13-23)43-19-10-7-2)31(39)33(40)37(29)35-36-22(4)32(46-35)34(41)45-18-8-3/h8,12-17,21,29,38H,3,6-7,9-11,18-20H2,1-2,4-5H3/b30-28-. The number of amides is 1. The first-order valence-corrected chi connectivity index (χ1v) is 16.2. The van der Waals surface area contributed by atoms with E-state index in [0.29, 0.717) is 47.3 Å². The fourth-order valence-electron chi connectivity index (χ4n) is 4.93. The van der Waals surface area contributed by atoms with Crippen molar-refractivity contribution in [1.29, 1.82) is 0 Å². The normalized spacial score (nSPS) is 15.6. The lowest BCUT2D eigenvalue weighted by atomic mass is 9.95. The van der Waals surface area contributed by atoms with Gasteiger partial charge in [-0.15, -0.1) is 0 Å². The summed E-state index contributed by atoms with van der Waals surface area (Å²) < 4.78 is 22.5. The zero-order valence-corrected chi connectivity index (χ0v) is 27.5. The first-order chi connectivity index (χ1) is 22.2. The fraction of sp³-hybridized carbons (Fsp3) is 0.371. The Morgan fingerprint density at radius 3 is 2.41 bits per heavy atom. The summed E-state index contributed by atoms with van der Waals surface area (Å²) in [6.07, 6.45) is 6.30. The van der Waals surface area contributed by atoms with E-state index in [2.05, 4.69) is 25.4 Å². The molecule has 0 spiro atoms. The molecule has 0 aliphatic carbocycles. The Morgan fingerprint density at radius 1 is 1.02 bits per heavy atom. The van der Waals surface area contributed by atoms with Crippen LogP contribution in [0, 0.1) is 6.92 Å². The monoisotopic (exact) mass is 648 g/mol. The predicted octanol–water partition coefficient (Wildman–Crippen LogP) is 7.18. The average Bonchev–Trinajstić information content (AvgIpc) is 3.57. The van der Waals surface area contributed by atoms with Crippen LogP contribution in [0.3, 0.4) is 0 Å². The SMILES string of the molecule is C=CCOC(=O)c1sc(N2C(=O)C(=O)/C(=C(\O)c3ccc(OCCCC)cc3)C2c2ccc(OCCCCC)c(OC)c2)nc1C. The van der Waals surface area contributed by atoms with Crippen LogP contribution in [0.15, 0.2) is 60.7 Å². The summed E-state index contributed by atoms with van der Waals surface area (Å²) in [6.45, 7) is 10.4. The highest BCUT2D eigenvalue weighted by atomic mass is 32.1. The lowest BCUT2D eigenvalue weighted by molar-refractivity contribution is -0.132. The van der Waals surface area contributed by atoms with Crippen molar-refractivity contribution >= 4 is 39.9 Å². The molecule has 2 heterocycles. The van der Waals surface area contributed by atoms with Crippen LogP contribution in [-0.2, 0) is 14.3 Å². The number of benzene rings is 2. The summed E-state index contributed by atoms with van der Waals surface area (Å²) in [4.78, 5) is 46.0. The number of hydrogen-bond donors (Lipinski definition) is 1. The topological polar surface area (TPSA) is 124 Å². The maximum absolute atomic E-state index is 13.7. The van der Waals surface area contributed by atoms with E-state index >= 15 is 0 Å². The molecule has 1 saturated heterocycles. The molecular formula is C35H40N2O8S. The molecule has 1 N–H and O–H groups in total. The molecule has 1 fully saturated rings. The highest BCUT2D eigenvalue weighted by molar-refractivity contribution is 7.17. The van der Waals surface area contributed by atoms with Gasteiger partial charge in [-0.05, 0) is 61.7 Å². The Kier molecular flexibility index (Phi) is 12.0. The number of esters is 1. The second-order valence-electron chi connectivity index (χ2n) is 10.7. The maximum atomic E-state index is 13.7. The number of aryl methyl sites for hydroxylation is 1. The first kappa shape index (κ1) is 34.2. The molecule has 1 aliphatic rings. The third-order valence-electron chi connectivity index (χ3n) is 7.36. The van der Waals surface area contributed by atoms with Gasteiger partial charge in [-0.2, -0.15) is 0 Å². The Bertz CT molecular complexity index is 1590. The van der Waals surface area contributed by atoms with Crippen molar-refractivity contribution in [1.82, 2.24) is 4.98 Å². The molecule has 10 nitrogen and oxygen atoms in total. The molecular weight excluding hydrogens is 608 g/mol. The van der Waals surface area contributed by atoms with Crippen molar-refractivity contribution in [3.05, 3.63) is 82.4 Å². The van der Waals surface area contributed by atoms with Gasteiger partial charge >= 0.3 is 11.9 Å².